The quantitative estimate of drug-likeness (QED) is 0.253. The molecule has 1 unspecified atom stereocenters. The Morgan fingerprint density at radius 3 is 2.70 bits per heavy atom. The van der Waals surface area contributed by atoms with Crippen molar-refractivity contribution in [2.75, 3.05) is 12.4 Å². The minimum Gasteiger partial charge on any atom is -0.465 e. The molecule has 178 valence electrons. The third kappa shape index (κ3) is 7.29. The Morgan fingerprint density at radius 2 is 1.97 bits per heavy atom. The third-order valence-electron chi connectivity index (χ3n) is 5.77. The molecule has 0 fully saturated rings. The average molecular weight is 469 g/mol. The third-order valence-corrected chi connectivity index (χ3v) is 6.70. The molecule has 3 aromatic heterocycles. The van der Waals surface area contributed by atoms with Crippen molar-refractivity contribution in [2.24, 2.45) is 5.92 Å². The number of nitrogens with one attached hydrogen (secondary N) is 1. The Hall–Kier alpha value is -2.41. The number of carbonyl (C=O) groups is 1. The summed E-state index contributed by atoms with van der Waals surface area (Å²) >= 11 is 1.58. The van der Waals surface area contributed by atoms with Gasteiger partial charge in [0.2, 0.25) is 0 Å². The van der Waals surface area contributed by atoms with Gasteiger partial charge in [0.25, 0.3) is 0 Å². The number of aromatic nitrogens is 4. The van der Waals surface area contributed by atoms with E-state index in [1.54, 1.807) is 18.1 Å². The summed E-state index contributed by atoms with van der Waals surface area (Å²) in [5.41, 5.74) is 3.74. The number of hydrogen-bond donors (Lipinski definition) is 1. The first kappa shape index (κ1) is 25.2. The van der Waals surface area contributed by atoms with E-state index in [-0.39, 0.29) is 11.4 Å². The van der Waals surface area contributed by atoms with Gasteiger partial charge in [-0.15, -0.1) is 11.8 Å². The van der Waals surface area contributed by atoms with Crippen LogP contribution in [0.5, 0.6) is 0 Å². The van der Waals surface area contributed by atoms with Gasteiger partial charge in [-0.3, -0.25) is 4.79 Å². The Kier molecular flexibility index (Phi) is 8.89. The Labute approximate surface area is 201 Å². The zero-order valence-electron chi connectivity index (χ0n) is 20.5. The van der Waals surface area contributed by atoms with E-state index in [0.29, 0.717) is 24.7 Å². The van der Waals surface area contributed by atoms with E-state index in [1.807, 2.05) is 12.3 Å². The maximum atomic E-state index is 12.1. The van der Waals surface area contributed by atoms with Gasteiger partial charge < -0.3 is 9.72 Å². The highest BCUT2D eigenvalue weighted by molar-refractivity contribution is 7.99. The molecule has 3 aromatic rings. The number of fused-ring (bicyclic) bond motifs is 1. The first-order valence-electron chi connectivity index (χ1n) is 11.9. The van der Waals surface area contributed by atoms with Gasteiger partial charge in [0.15, 0.2) is 0 Å². The van der Waals surface area contributed by atoms with Crippen LogP contribution in [0.2, 0.25) is 0 Å². The van der Waals surface area contributed by atoms with Crippen molar-refractivity contribution in [3.05, 3.63) is 36.4 Å². The van der Waals surface area contributed by atoms with Crippen molar-refractivity contribution in [1.82, 2.24) is 19.9 Å². The number of rotatable bonds is 11. The molecule has 0 aliphatic carbocycles. The van der Waals surface area contributed by atoms with Crippen LogP contribution in [0.15, 0.2) is 35.7 Å². The zero-order valence-corrected chi connectivity index (χ0v) is 21.3. The molecule has 1 atom stereocenters. The Balaban J connectivity index is 1.56. The molecular weight excluding hydrogens is 432 g/mol. The molecule has 3 rings (SSSR count). The predicted octanol–water partition coefficient (Wildman–Crippen LogP) is 6.56. The van der Waals surface area contributed by atoms with Crippen LogP contribution in [-0.2, 0) is 14.9 Å². The number of unbranched alkanes of at least 4 members (excludes halogenated alkanes) is 1. The van der Waals surface area contributed by atoms with Gasteiger partial charge in [-0.25, -0.2) is 15.0 Å². The van der Waals surface area contributed by atoms with Gasteiger partial charge in [0.1, 0.15) is 6.33 Å². The van der Waals surface area contributed by atoms with Gasteiger partial charge in [0, 0.05) is 22.2 Å². The summed E-state index contributed by atoms with van der Waals surface area (Å²) in [5, 5.41) is 1.97. The van der Waals surface area contributed by atoms with Gasteiger partial charge in [-0.05, 0) is 30.5 Å². The van der Waals surface area contributed by atoms with Crippen LogP contribution >= 0.6 is 11.8 Å². The van der Waals surface area contributed by atoms with Crippen LogP contribution in [0, 0.1) is 5.92 Å². The second-order valence-electron chi connectivity index (χ2n) is 9.53. The molecule has 1 N–H and O–H groups in total. The summed E-state index contributed by atoms with van der Waals surface area (Å²) in [7, 11) is 0. The largest absolute Gasteiger partial charge is 0.465 e. The topological polar surface area (TPSA) is 80.8 Å². The van der Waals surface area contributed by atoms with E-state index in [9.17, 15) is 4.79 Å². The molecule has 7 heteroatoms. The second-order valence-corrected chi connectivity index (χ2v) is 10.6. The van der Waals surface area contributed by atoms with Crippen LogP contribution in [-0.4, -0.2) is 38.3 Å². The maximum Gasteiger partial charge on any atom is 0.306 e. The number of H-pyrrole nitrogens is 1. The molecule has 0 spiro atoms. The molecule has 0 saturated heterocycles. The molecule has 0 radical (unpaired) electrons. The standard InChI is InChI=1S/C26H36N4O2S/c1-6-8-9-18(7-2)16-32-25(31)10-11-33-24-13-19-12-21(30-22(19)15-27-24)20-14-23(26(3,4)5)29-17-28-20/h12-15,17-18,30H,6-11,16H2,1-5H3. The molecule has 0 amide bonds. The molecule has 0 bridgehead atoms. The molecule has 3 heterocycles. The summed E-state index contributed by atoms with van der Waals surface area (Å²) in [6.07, 6.45) is 8.40. The van der Waals surface area contributed by atoms with E-state index in [0.717, 1.165) is 45.9 Å². The predicted molar refractivity (Wildman–Crippen MR) is 135 cm³/mol. The van der Waals surface area contributed by atoms with Crippen molar-refractivity contribution in [1.29, 1.82) is 0 Å². The van der Waals surface area contributed by atoms with E-state index in [2.05, 4.69) is 66.7 Å². The Bertz CT molecular complexity index is 1060. The summed E-state index contributed by atoms with van der Waals surface area (Å²) in [6.45, 7) is 11.3. The zero-order chi connectivity index (χ0) is 23.8. The smallest absolute Gasteiger partial charge is 0.306 e. The number of hydrogen-bond acceptors (Lipinski definition) is 6. The van der Waals surface area contributed by atoms with Crippen LogP contribution in [0.4, 0.5) is 0 Å². The van der Waals surface area contributed by atoms with Crippen molar-refractivity contribution in [3.63, 3.8) is 0 Å². The summed E-state index contributed by atoms with van der Waals surface area (Å²) in [5.74, 6) is 1.00. The van der Waals surface area contributed by atoms with Crippen molar-refractivity contribution < 1.29 is 9.53 Å². The van der Waals surface area contributed by atoms with Gasteiger partial charge in [0.05, 0.1) is 41.2 Å². The highest BCUT2D eigenvalue weighted by atomic mass is 32.2. The van der Waals surface area contributed by atoms with Gasteiger partial charge in [-0.1, -0.05) is 53.9 Å². The van der Waals surface area contributed by atoms with E-state index < -0.39 is 0 Å². The molecule has 33 heavy (non-hydrogen) atoms. The second kappa shape index (κ2) is 11.6. The lowest BCUT2D eigenvalue weighted by atomic mass is 9.91. The first-order chi connectivity index (χ1) is 15.8. The van der Waals surface area contributed by atoms with Crippen LogP contribution < -0.4 is 0 Å². The number of thioether (sulfide) groups is 1. The summed E-state index contributed by atoms with van der Waals surface area (Å²) < 4.78 is 5.50. The molecule has 0 aromatic carbocycles. The van der Waals surface area contributed by atoms with Crippen LogP contribution in [0.25, 0.3) is 22.3 Å². The van der Waals surface area contributed by atoms with E-state index in [1.165, 1.54) is 12.8 Å². The number of nitrogens with zero attached hydrogens (tertiary/aromatic N) is 3. The molecule has 6 nitrogen and oxygen atoms in total. The lowest BCUT2D eigenvalue weighted by molar-refractivity contribution is -0.144. The summed E-state index contributed by atoms with van der Waals surface area (Å²) in [6, 6.07) is 6.17. The highest BCUT2D eigenvalue weighted by Gasteiger charge is 2.17. The fraction of sp³-hybridized carbons (Fsp3) is 0.538. The summed E-state index contributed by atoms with van der Waals surface area (Å²) in [4.78, 5) is 28.9. The monoisotopic (exact) mass is 468 g/mol. The number of ether oxygens (including phenoxy) is 1. The van der Waals surface area contributed by atoms with Crippen molar-refractivity contribution in [3.8, 4) is 11.4 Å². The van der Waals surface area contributed by atoms with Crippen LogP contribution in [0.1, 0.15) is 72.4 Å². The Morgan fingerprint density at radius 1 is 1.15 bits per heavy atom. The number of carbonyl (C=O) groups excluding carboxylic acids is 1. The average Bonchev–Trinajstić information content (AvgIpc) is 3.22. The molecule has 0 aliphatic heterocycles. The SMILES string of the molecule is CCCCC(CC)COC(=O)CCSc1cc2cc(-c3cc(C(C)(C)C)ncn3)[nH]c2cn1. The minimum atomic E-state index is -0.124. The van der Waals surface area contributed by atoms with Crippen molar-refractivity contribution >= 4 is 28.6 Å². The van der Waals surface area contributed by atoms with E-state index >= 15 is 0 Å². The van der Waals surface area contributed by atoms with Gasteiger partial charge in [-0.2, -0.15) is 0 Å². The first-order valence-corrected chi connectivity index (χ1v) is 12.9. The lowest BCUT2D eigenvalue weighted by Gasteiger charge is -2.17. The fourth-order valence-electron chi connectivity index (χ4n) is 3.56. The fourth-order valence-corrected chi connectivity index (χ4v) is 4.38. The van der Waals surface area contributed by atoms with Gasteiger partial charge >= 0.3 is 5.97 Å². The number of esters is 1. The number of pyridine rings is 1. The highest BCUT2D eigenvalue weighted by Crippen LogP contribution is 2.28. The van der Waals surface area contributed by atoms with Crippen molar-refractivity contribution in [2.45, 2.75) is 77.2 Å². The molecular formula is C26H36N4O2S. The van der Waals surface area contributed by atoms with Crippen LogP contribution in [0.3, 0.4) is 0 Å². The maximum absolute atomic E-state index is 12.1. The van der Waals surface area contributed by atoms with E-state index in [4.69, 9.17) is 4.74 Å². The lowest BCUT2D eigenvalue weighted by Crippen LogP contribution is -2.14. The minimum absolute atomic E-state index is 0.0385. The normalized spacial score (nSPS) is 12.8. The number of aromatic amines is 1. The molecule has 0 aliphatic rings. The molecule has 0 saturated carbocycles.